The number of rotatable bonds is 6. The fraction of sp³-hybridized carbons (Fsp3) is 0.500. The Kier molecular flexibility index (Phi) is 5.56. The Labute approximate surface area is 112 Å². The van der Waals surface area contributed by atoms with Crippen molar-refractivity contribution in [1.29, 1.82) is 0 Å². The van der Waals surface area contributed by atoms with Crippen LogP contribution in [-0.4, -0.2) is 19.9 Å². The summed E-state index contributed by atoms with van der Waals surface area (Å²) in [4.78, 5) is 0. The molecule has 0 aliphatic heterocycles. The molecule has 0 radical (unpaired) electrons. The molecule has 1 rings (SSSR count). The maximum atomic E-state index is 13.6. The molecule has 1 unspecified atom stereocenters. The minimum absolute atomic E-state index is 0.0316. The average molecular weight is 294 g/mol. The number of halogens is 2. The van der Waals surface area contributed by atoms with E-state index in [-0.39, 0.29) is 16.5 Å². The van der Waals surface area contributed by atoms with Crippen molar-refractivity contribution in [3.8, 4) is 0 Å². The number of nitrogens with two attached hydrogens (primary N) is 1. The minimum Gasteiger partial charge on any atom is -0.324 e. The summed E-state index contributed by atoms with van der Waals surface area (Å²) in [6.45, 7) is 1.60. The maximum absolute atomic E-state index is 13.6. The highest BCUT2D eigenvalue weighted by molar-refractivity contribution is 7.91. The Morgan fingerprint density at radius 3 is 2.72 bits per heavy atom. The van der Waals surface area contributed by atoms with Crippen LogP contribution in [0.3, 0.4) is 0 Å². The summed E-state index contributed by atoms with van der Waals surface area (Å²) in [6.07, 6.45) is 0.833. The molecule has 0 fully saturated rings. The van der Waals surface area contributed by atoms with E-state index in [0.29, 0.717) is 18.4 Å². The third-order valence-corrected chi connectivity index (χ3v) is 4.87. The summed E-state index contributed by atoms with van der Waals surface area (Å²) < 4.78 is 36.3. The first-order valence-corrected chi connectivity index (χ1v) is 7.97. The summed E-state index contributed by atoms with van der Waals surface area (Å²) in [5.41, 5.74) is 6.17. The topological polar surface area (TPSA) is 60.2 Å². The van der Waals surface area contributed by atoms with Gasteiger partial charge in [-0.15, -0.1) is 0 Å². The summed E-state index contributed by atoms with van der Waals surface area (Å²) in [7, 11) is -2.99. The van der Waals surface area contributed by atoms with Gasteiger partial charge in [-0.05, 0) is 18.9 Å². The molecule has 0 aliphatic carbocycles. The average Bonchev–Trinajstić information content (AvgIpc) is 2.32. The lowest BCUT2D eigenvalue weighted by Crippen LogP contribution is -2.15. The Balaban J connectivity index is 2.61. The largest absolute Gasteiger partial charge is 0.324 e. The van der Waals surface area contributed by atoms with Crippen LogP contribution in [-0.2, 0) is 9.84 Å². The van der Waals surface area contributed by atoms with Gasteiger partial charge in [-0.3, -0.25) is 0 Å². The summed E-state index contributed by atoms with van der Waals surface area (Å²) >= 11 is 5.66. The highest BCUT2D eigenvalue weighted by Gasteiger charge is 2.15. The van der Waals surface area contributed by atoms with Crippen LogP contribution in [0.2, 0.25) is 5.02 Å². The van der Waals surface area contributed by atoms with Crippen molar-refractivity contribution in [2.45, 2.75) is 25.8 Å². The SMILES string of the molecule is CCS(=O)(=O)CCCC(N)c1cccc(Cl)c1F. The molecule has 1 atom stereocenters. The van der Waals surface area contributed by atoms with Gasteiger partial charge < -0.3 is 5.73 Å². The van der Waals surface area contributed by atoms with E-state index in [0.717, 1.165) is 0 Å². The molecule has 0 bridgehead atoms. The van der Waals surface area contributed by atoms with Crippen molar-refractivity contribution in [1.82, 2.24) is 0 Å². The molecule has 0 spiro atoms. The Morgan fingerprint density at radius 1 is 1.44 bits per heavy atom. The highest BCUT2D eigenvalue weighted by atomic mass is 35.5. The lowest BCUT2D eigenvalue weighted by Gasteiger charge is -2.13. The molecular formula is C12H17ClFNO2S. The molecule has 18 heavy (non-hydrogen) atoms. The van der Waals surface area contributed by atoms with Gasteiger partial charge in [-0.1, -0.05) is 30.7 Å². The normalized spacial score (nSPS) is 13.6. The molecule has 0 aromatic heterocycles. The van der Waals surface area contributed by atoms with Crippen LogP contribution < -0.4 is 5.73 Å². The monoisotopic (exact) mass is 293 g/mol. The van der Waals surface area contributed by atoms with Crippen LogP contribution in [0.1, 0.15) is 31.4 Å². The Bertz CT molecular complexity index is 505. The third kappa shape index (κ3) is 4.23. The van der Waals surface area contributed by atoms with Crippen LogP contribution in [0.15, 0.2) is 18.2 Å². The van der Waals surface area contributed by atoms with Gasteiger partial charge >= 0.3 is 0 Å². The van der Waals surface area contributed by atoms with E-state index >= 15 is 0 Å². The molecule has 3 nitrogen and oxygen atoms in total. The first-order valence-electron chi connectivity index (χ1n) is 5.77. The predicted octanol–water partition coefficient (Wildman–Crippen LogP) is 2.69. The van der Waals surface area contributed by atoms with E-state index in [1.165, 1.54) is 6.07 Å². The zero-order valence-electron chi connectivity index (χ0n) is 10.2. The van der Waals surface area contributed by atoms with Gasteiger partial charge in [0.15, 0.2) is 0 Å². The second-order valence-electron chi connectivity index (χ2n) is 4.13. The molecular weight excluding hydrogens is 277 g/mol. The van der Waals surface area contributed by atoms with E-state index in [9.17, 15) is 12.8 Å². The minimum atomic E-state index is -2.99. The highest BCUT2D eigenvalue weighted by Crippen LogP contribution is 2.24. The van der Waals surface area contributed by atoms with Gasteiger partial charge in [0.25, 0.3) is 0 Å². The number of hydrogen-bond acceptors (Lipinski definition) is 3. The summed E-state index contributed by atoms with van der Waals surface area (Å²) in [5, 5.41) is 0.0316. The fourth-order valence-corrected chi connectivity index (χ4v) is 2.71. The van der Waals surface area contributed by atoms with Gasteiger partial charge in [-0.2, -0.15) is 0 Å². The fourth-order valence-electron chi connectivity index (χ4n) is 1.63. The van der Waals surface area contributed by atoms with Crippen molar-refractivity contribution < 1.29 is 12.8 Å². The van der Waals surface area contributed by atoms with Crippen LogP contribution >= 0.6 is 11.6 Å². The van der Waals surface area contributed by atoms with Crippen molar-refractivity contribution >= 4 is 21.4 Å². The summed E-state index contributed by atoms with van der Waals surface area (Å²) in [5.74, 6) is -0.322. The van der Waals surface area contributed by atoms with E-state index in [2.05, 4.69) is 0 Å². The lowest BCUT2D eigenvalue weighted by molar-refractivity contribution is 0.555. The molecule has 0 amide bonds. The molecule has 102 valence electrons. The third-order valence-electron chi connectivity index (χ3n) is 2.79. The van der Waals surface area contributed by atoms with Crippen LogP contribution in [0.25, 0.3) is 0 Å². The molecule has 1 aromatic carbocycles. The number of hydrogen-bond donors (Lipinski definition) is 1. The van der Waals surface area contributed by atoms with E-state index in [1.54, 1.807) is 19.1 Å². The number of sulfone groups is 1. The summed E-state index contributed by atoms with van der Waals surface area (Å²) in [6, 6.07) is 4.12. The Morgan fingerprint density at radius 2 is 2.11 bits per heavy atom. The van der Waals surface area contributed by atoms with Gasteiger partial charge in [0, 0.05) is 17.4 Å². The number of benzene rings is 1. The molecule has 6 heteroatoms. The molecule has 2 N–H and O–H groups in total. The lowest BCUT2D eigenvalue weighted by atomic mass is 10.0. The quantitative estimate of drug-likeness (QED) is 0.877. The second kappa shape index (κ2) is 6.50. The molecule has 0 saturated heterocycles. The van der Waals surface area contributed by atoms with Crippen LogP contribution in [0.5, 0.6) is 0 Å². The first-order chi connectivity index (χ1) is 8.37. The van der Waals surface area contributed by atoms with Crippen molar-refractivity contribution in [3.63, 3.8) is 0 Å². The maximum Gasteiger partial charge on any atom is 0.150 e. The molecule has 0 saturated carbocycles. The van der Waals surface area contributed by atoms with E-state index < -0.39 is 21.7 Å². The van der Waals surface area contributed by atoms with Gasteiger partial charge in [-0.25, -0.2) is 12.8 Å². The van der Waals surface area contributed by atoms with Crippen LogP contribution in [0.4, 0.5) is 4.39 Å². The van der Waals surface area contributed by atoms with Crippen molar-refractivity contribution in [3.05, 3.63) is 34.6 Å². The standard InChI is InChI=1S/C12H17ClFNO2S/c1-2-18(16,17)8-4-7-11(15)9-5-3-6-10(13)12(9)14/h3,5-6,11H,2,4,7-8,15H2,1H3. The predicted molar refractivity (Wildman–Crippen MR) is 71.9 cm³/mol. The zero-order chi connectivity index (χ0) is 13.8. The van der Waals surface area contributed by atoms with Crippen molar-refractivity contribution in [2.75, 3.05) is 11.5 Å². The molecule has 1 aromatic rings. The van der Waals surface area contributed by atoms with Gasteiger partial charge in [0.05, 0.1) is 10.8 Å². The van der Waals surface area contributed by atoms with Gasteiger partial charge in [0.1, 0.15) is 15.7 Å². The smallest absolute Gasteiger partial charge is 0.150 e. The van der Waals surface area contributed by atoms with Crippen molar-refractivity contribution in [2.24, 2.45) is 5.73 Å². The van der Waals surface area contributed by atoms with E-state index in [4.69, 9.17) is 17.3 Å². The van der Waals surface area contributed by atoms with Crippen LogP contribution in [0, 0.1) is 5.82 Å². The molecule has 0 aliphatic rings. The second-order valence-corrected chi connectivity index (χ2v) is 7.01. The molecule has 0 heterocycles. The van der Waals surface area contributed by atoms with Gasteiger partial charge in [0.2, 0.25) is 0 Å². The first kappa shape index (κ1) is 15.4. The van der Waals surface area contributed by atoms with E-state index in [1.807, 2.05) is 0 Å². The Hall–Kier alpha value is -0.650. The zero-order valence-corrected chi connectivity index (χ0v) is 11.8.